The lowest BCUT2D eigenvalue weighted by Gasteiger charge is -2.14. The summed E-state index contributed by atoms with van der Waals surface area (Å²) in [6, 6.07) is 23.0. The van der Waals surface area contributed by atoms with Crippen molar-refractivity contribution < 1.29 is 14.3 Å². The molecule has 6 heteroatoms. The number of rotatable bonds is 4. The van der Waals surface area contributed by atoms with Gasteiger partial charge in [-0.25, -0.2) is 0 Å². The normalized spacial score (nSPS) is 19.5. The summed E-state index contributed by atoms with van der Waals surface area (Å²) in [5.41, 5.74) is 6.34. The second-order valence-corrected chi connectivity index (χ2v) is 7.62. The van der Waals surface area contributed by atoms with E-state index in [-0.39, 0.29) is 11.8 Å². The Morgan fingerprint density at radius 3 is 2.37 bits per heavy atom. The van der Waals surface area contributed by atoms with Gasteiger partial charge in [-0.05, 0) is 42.8 Å². The van der Waals surface area contributed by atoms with Crippen LogP contribution < -0.4 is 10.7 Å². The van der Waals surface area contributed by atoms with Crippen LogP contribution in [0.4, 0.5) is 0 Å². The first-order valence-corrected chi connectivity index (χ1v) is 10.0. The third kappa shape index (κ3) is 4.11. The third-order valence-electron chi connectivity index (χ3n) is 5.14. The van der Waals surface area contributed by atoms with Crippen LogP contribution in [-0.2, 0) is 4.79 Å². The molecule has 5 nitrogen and oxygen atoms in total. The summed E-state index contributed by atoms with van der Waals surface area (Å²) in [7, 11) is 0. The second-order valence-electron chi connectivity index (χ2n) is 7.18. The number of hydrogen-bond donors (Lipinski definition) is 2. The lowest BCUT2D eigenvalue weighted by atomic mass is 9.99. The molecule has 0 spiro atoms. The van der Waals surface area contributed by atoms with Crippen molar-refractivity contribution in [2.45, 2.75) is 19.0 Å². The van der Waals surface area contributed by atoms with Gasteiger partial charge in [0.2, 0.25) is 12.3 Å². The van der Waals surface area contributed by atoms with Gasteiger partial charge in [0.05, 0.1) is 0 Å². The molecule has 1 aliphatic rings. The zero-order valence-electron chi connectivity index (χ0n) is 16.4. The van der Waals surface area contributed by atoms with E-state index in [0.717, 1.165) is 16.7 Å². The predicted octanol–water partition coefficient (Wildman–Crippen LogP) is 3.66. The highest BCUT2D eigenvalue weighted by Gasteiger charge is 2.47. The molecule has 2 N–H and O–H groups in total. The summed E-state index contributed by atoms with van der Waals surface area (Å²) in [6.07, 6.45) is 1.90. The number of hydrogen-bond acceptors (Lipinski definition) is 2. The monoisotopic (exact) mass is 418 g/mol. The average Bonchev–Trinajstić information content (AvgIpc) is 3.05. The fourth-order valence-electron chi connectivity index (χ4n) is 3.54. The van der Waals surface area contributed by atoms with Gasteiger partial charge in [-0.3, -0.25) is 9.59 Å². The highest BCUT2D eigenvalue weighted by Crippen LogP contribution is 2.25. The van der Waals surface area contributed by atoms with Gasteiger partial charge in [-0.1, -0.05) is 60.1 Å². The Hall–Kier alpha value is -3.44. The number of carbonyl (C=O) groups excluding carboxylic acids is 2. The van der Waals surface area contributed by atoms with Gasteiger partial charge in [0.25, 0.3) is 5.91 Å². The van der Waals surface area contributed by atoms with Crippen molar-refractivity contribution in [1.29, 1.82) is 0 Å². The van der Waals surface area contributed by atoms with Crippen molar-refractivity contribution in [1.82, 2.24) is 10.7 Å². The minimum absolute atomic E-state index is 0.268. The summed E-state index contributed by atoms with van der Waals surface area (Å²) in [6.45, 7) is 2.01. The first-order valence-electron chi connectivity index (χ1n) is 9.63. The maximum absolute atomic E-state index is 12.9. The molecule has 3 aromatic carbocycles. The van der Waals surface area contributed by atoms with E-state index in [9.17, 15) is 9.59 Å². The minimum atomic E-state index is -0.754. The molecule has 1 aliphatic heterocycles. The van der Waals surface area contributed by atoms with Gasteiger partial charge >= 0.3 is 5.91 Å². The van der Waals surface area contributed by atoms with Crippen LogP contribution in [0.2, 0.25) is 5.02 Å². The van der Waals surface area contributed by atoms with Crippen molar-refractivity contribution in [2.24, 2.45) is 0 Å². The van der Waals surface area contributed by atoms with Gasteiger partial charge in [0, 0.05) is 21.7 Å². The molecule has 2 amide bonds. The highest BCUT2D eigenvalue weighted by atomic mass is 35.5. The summed E-state index contributed by atoms with van der Waals surface area (Å²) < 4.78 is 1.77. The first kappa shape index (κ1) is 19.9. The third-order valence-corrected chi connectivity index (χ3v) is 5.39. The van der Waals surface area contributed by atoms with E-state index in [1.807, 2.05) is 67.7 Å². The summed E-state index contributed by atoms with van der Waals surface area (Å²) in [4.78, 5) is 25.6. The van der Waals surface area contributed by atoms with Crippen molar-refractivity contribution in [3.8, 4) is 0 Å². The topological polar surface area (TPSA) is 61.2 Å². The zero-order valence-corrected chi connectivity index (χ0v) is 17.1. The van der Waals surface area contributed by atoms with Crippen LogP contribution in [0.1, 0.15) is 33.1 Å². The standard InChI is InChI=1S/C24H20ClN3O2/c1-16-7-5-6-10-19(16)15-28-22(17-8-3-2-4-9-17)21(24(30)27-28)26-23(29)18-11-13-20(25)14-12-18/h2-15,21-22H,1H3,(H-,26,27,29,30)/p+1/b28-15-/t21-,22-/m1/s1. The Morgan fingerprint density at radius 1 is 1.00 bits per heavy atom. The summed E-state index contributed by atoms with van der Waals surface area (Å²) in [5, 5.41) is 3.44. The zero-order chi connectivity index (χ0) is 21.1. The van der Waals surface area contributed by atoms with Crippen LogP contribution >= 0.6 is 11.6 Å². The molecule has 0 saturated carbocycles. The molecule has 0 aromatic heterocycles. The first-order chi connectivity index (χ1) is 14.5. The molecule has 1 fully saturated rings. The van der Waals surface area contributed by atoms with Crippen molar-refractivity contribution in [3.05, 3.63) is 106 Å². The van der Waals surface area contributed by atoms with Crippen LogP contribution in [0.3, 0.4) is 0 Å². The lowest BCUT2D eigenvalue weighted by molar-refractivity contribution is -0.596. The Kier molecular flexibility index (Phi) is 5.63. The molecule has 0 aliphatic carbocycles. The number of carbonyl (C=O) groups is 2. The molecule has 3 aromatic rings. The largest absolute Gasteiger partial charge is 0.334 e. The Bertz CT molecular complexity index is 1110. The van der Waals surface area contributed by atoms with Crippen LogP contribution in [-0.4, -0.2) is 28.8 Å². The molecular weight excluding hydrogens is 398 g/mol. The quantitative estimate of drug-likeness (QED) is 0.635. The minimum Gasteiger partial charge on any atom is -0.334 e. The van der Waals surface area contributed by atoms with Gasteiger partial charge in [0.15, 0.2) is 6.04 Å². The number of amides is 2. The molecule has 150 valence electrons. The van der Waals surface area contributed by atoms with Crippen LogP contribution in [0.5, 0.6) is 0 Å². The number of hydrazine groups is 1. The molecule has 2 atom stereocenters. The Labute approximate surface area is 180 Å². The smallest absolute Gasteiger partial charge is 0.304 e. The molecule has 0 bridgehead atoms. The SMILES string of the molecule is Cc1ccccc1/C=[N+]1\NC(=O)[C@H](NC(=O)c2ccc(Cl)cc2)[C@H]1c1ccccc1. The van der Waals surface area contributed by atoms with Gasteiger partial charge < -0.3 is 5.32 Å². The number of nitrogens with zero attached hydrogens (tertiary/aromatic N) is 1. The molecule has 4 rings (SSSR count). The Balaban J connectivity index is 1.70. The van der Waals surface area contributed by atoms with Crippen LogP contribution in [0.25, 0.3) is 0 Å². The number of nitrogens with one attached hydrogen (secondary N) is 2. The van der Waals surface area contributed by atoms with Crippen LogP contribution in [0.15, 0.2) is 78.9 Å². The number of halogens is 1. The molecule has 30 heavy (non-hydrogen) atoms. The Morgan fingerprint density at radius 2 is 1.67 bits per heavy atom. The van der Waals surface area contributed by atoms with E-state index in [2.05, 4.69) is 10.7 Å². The van der Waals surface area contributed by atoms with Crippen molar-refractivity contribution >= 4 is 29.6 Å². The number of benzene rings is 3. The maximum Gasteiger partial charge on any atom is 0.304 e. The number of aryl methyl sites for hydroxylation is 1. The molecule has 1 saturated heterocycles. The lowest BCUT2D eigenvalue weighted by Crippen LogP contribution is -2.42. The van der Waals surface area contributed by atoms with Gasteiger partial charge in [0.1, 0.15) is 0 Å². The molecular formula is C24H21ClN3O2+. The van der Waals surface area contributed by atoms with Crippen molar-refractivity contribution in [3.63, 3.8) is 0 Å². The maximum atomic E-state index is 12.9. The van der Waals surface area contributed by atoms with E-state index in [4.69, 9.17) is 11.6 Å². The van der Waals surface area contributed by atoms with Gasteiger partial charge in [-0.2, -0.15) is 0 Å². The van der Waals surface area contributed by atoms with E-state index in [0.29, 0.717) is 10.6 Å². The number of hydrazone groups is 1. The van der Waals surface area contributed by atoms with Crippen LogP contribution in [0, 0.1) is 6.92 Å². The van der Waals surface area contributed by atoms with Crippen molar-refractivity contribution in [2.75, 3.05) is 0 Å². The highest BCUT2D eigenvalue weighted by molar-refractivity contribution is 6.30. The van der Waals surface area contributed by atoms with E-state index in [1.54, 1.807) is 28.9 Å². The summed E-state index contributed by atoms with van der Waals surface area (Å²) >= 11 is 5.92. The second kappa shape index (κ2) is 8.51. The predicted molar refractivity (Wildman–Crippen MR) is 117 cm³/mol. The molecule has 1 heterocycles. The van der Waals surface area contributed by atoms with E-state index < -0.39 is 12.1 Å². The van der Waals surface area contributed by atoms with E-state index >= 15 is 0 Å². The molecule has 0 unspecified atom stereocenters. The average molecular weight is 419 g/mol. The summed E-state index contributed by atoms with van der Waals surface area (Å²) in [5.74, 6) is -0.596. The van der Waals surface area contributed by atoms with Gasteiger partial charge in [-0.15, -0.1) is 10.1 Å². The fraction of sp³-hybridized carbons (Fsp3) is 0.125. The molecule has 0 radical (unpaired) electrons. The van der Waals surface area contributed by atoms with E-state index in [1.165, 1.54) is 0 Å². The fourth-order valence-corrected chi connectivity index (χ4v) is 3.66.